The molecule has 0 saturated heterocycles. The van der Waals surface area contributed by atoms with E-state index in [-0.39, 0.29) is 5.91 Å². The standard InChI is InChI=1S/C19H22N4O/c24-19(20-11-14-5-1-2-6-14)17-9-10-18(22-21-17)23-12-15-7-3-4-8-16(15)13-23/h3-4,7-10,14H,1-2,5-6,11-13H2,(H,20,24). The third kappa shape index (κ3) is 3.11. The van der Waals surface area contributed by atoms with Crippen LogP contribution in [0.25, 0.3) is 0 Å². The van der Waals surface area contributed by atoms with E-state index in [1.54, 1.807) is 6.07 Å². The third-order valence-corrected chi connectivity index (χ3v) is 5.07. The van der Waals surface area contributed by atoms with Crippen molar-refractivity contribution in [3.05, 3.63) is 53.2 Å². The molecule has 1 fully saturated rings. The number of carbonyl (C=O) groups is 1. The number of fused-ring (bicyclic) bond motifs is 1. The molecule has 1 aromatic heterocycles. The fraction of sp³-hybridized carbons (Fsp3) is 0.421. The Labute approximate surface area is 142 Å². The highest BCUT2D eigenvalue weighted by atomic mass is 16.1. The van der Waals surface area contributed by atoms with Gasteiger partial charge in [-0.15, -0.1) is 10.2 Å². The molecule has 1 aliphatic carbocycles. The second-order valence-electron chi connectivity index (χ2n) is 6.76. The van der Waals surface area contributed by atoms with Crippen molar-refractivity contribution < 1.29 is 4.79 Å². The van der Waals surface area contributed by atoms with Crippen molar-refractivity contribution in [3.63, 3.8) is 0 Å². The van der Waals surface area contributed by atoms with E-state index in [1.165, 1.54) is 36.8 Å². The molecule has 0 bridgehead atoms. The Hall–Kier alpha value is -2.43. The number of hydrogen-bond acceptors (Lipinski definition) is 4. The van der Waals surface area contributed by atoms with Crippen LogP contribution >= 0.6 is 0 Å². The summed E-state index contributed by atoms with van der Waals surface area (Å²) < 4.78 is 0. The number of nitrogens with one attached hydrogen (secondary N) is 1. The SMILES string of the molecule is O=C(NCC1CCCC1)c1ccc(N2Cc3ccccc3C2)nn1. The maximum Gasteiger partial charge on any atom is 0.271 e. The minimum absolute atomic E-state index is 0.120. The second-order valence-corrected chi connectivity index (χ2v) is 6.76. The molecule has 124 valence electrons. The van der Waals surface area contributed by atoms with Gasteiger partial charge < -0.3 is 10.2 Å². The molecular weight excluding hydrogens is 300 g/mol. The molecule has 1 amide bonds. The minimum Gasteiger partial charge on any atom is -0.350 e. The predicted molar refractivity (Wildman–Crippen MR) is 92.7 cm³/mol. The fourth-order valence-corrected chi connectivity index (χ4v) is 3.65. The predicted octanol–water partition coefficient (Wildman–Crippen LogP) is 2.92. The Kier molecular flexibility index (Phi) is 4.15. The molecule has 4 rings (SSSR count). The van der Waals surface area contributed by atoms with Crippen LogP contribution in [-0.4, -0.2) is 22.6 Å². The largest absolute Gasteiger partial charge is 0.350 e. The lowest BCUT2D eigenvalue weighted by atomic mass is 10.1. The summed E-state index contributed by atoms with van der Waals surface area (Å²) >= 11 is 0. The highest BCUT2D eigenvalue weighted by molar-refractivity contribution is 5.92. The molecule has 0 spiro atoms. The van der Waals surface area contributed by atoms with Crippen LogP contribution in [-0.2, 0) is 13.1 Å². The van der Waals surface area contributed by atoms with E-state index < -0.39 is 0 Å². The van der Waals surface area contributed by atoms with Gasteiger partial charge in [-0.25, -0.2) is 0 Å². The number of amides is 1. The van der Waals surface area contributed by atoms with Gasteiger partial charge in [-0.05, 0) is 42.0 Å². The molecule has 5 heteroatoms. The fourth-order valence-electron chi connectivity index (χ4n) is 3.65. The molecule has 2 aromatic rings. The van der Waals surface area contributed by atoms with E-state index in [4.69, 9.17) is 0 Å². The van der Waals surface area contributed by atoms with Gasteiger partial charge in [0.05, 0.1) is 0 Å². The first-order chi connectivity index (χ1) is 11.8. The molecule has 1 N–H and O–H groups in total. The van der Waals surface area contributed by atoms with Crippen LogP contribution in [0.3, 0.4) is 0 Å². The summed E-state index contributed by atoms with van der Waals surface area (Å²) in [5, 5.41) is 11.4. The van der Waals surface area contributed by atoms with Gasteiger partial charge in [0.25, 0.3) is 5.91 Å². The van der Waals surface area contributed by atoms with Gasteiger partial charge in [-0.3, -0.25) is 4.79 Å². The molecule has 1 aliphatic heterocycles. The van der Waals surface area contributed by atoms with Crippen molar-refractivity contribution in [2.45, 2.75) is 38.8 Å². The molecule has 1 aromatic carbocycles. The third-order valence-electron chi connectivity index (χ3n) is 5.07. The Morgan fingerprint density at radius 3 is 2.38 bits per heavy atom. The number of rotatable bonds is 4. The monoisotopic (exact) mass is 322 g/mol. The Morgan fingerprint density at radius 1 is 1.04 bits per heavy atom. The number of carbonyl (C=O) groups excluding carboxylic acids is 1. The van der Waals surface area contributed by atoms with E-state index in [2.05, 4.69) is 44.7 Å². The number of benzene rings is 1. The molecule has 24 heavy (non-hydrogen) atoms. The van der Waals surface area contributed by atoms with Crippen LogP contribution in [0.2, 0.25) is 0 Å². The van der Waals surface area contributed by atoms with Crippen LogP contribution in [0.15, 0.2) is 36.4 Å². The number of anilines is 1. The Balaban J connectivity index is 1.37. The molecular formula is C19H22N4O. The molecule has 0 atom stereocenters. The molecule has 0 unspecified atom stereocenters. The summed E-state index contributed by atoms with van der Waals surface area (Å²) in [5.74, 6) is 1.33. The molecule has 2 aliphatic rings. The van der Waals surface area contributed by atoms with Crippen molar-refractivity contribution in [2.75, 3.05) is 11.4 Å². The zero-order valence-corrected chi connectivity index (χ0v) is 13.7. The average molecular weight is 322 g/mol. The van der Waals surface area contributed by atoms with Crippen LogP contribution in [0, 0.1) is 5.92 Å². The lowest BCUT2D eigenvalue weighted by molar-refractivity contribution is 0.0941. The quantitative estimate of drug-likeness (QED) is 0.940. The first kappa shape index (κ1) is 15.1. The maximum atomic E-state index is 12.2. The first-order valence-corrected chi connectivity index (χ1v) is 8.73. The highest BCUT2D eigenvalue weighted by Gasteiger charge is 2.21. The molecule has 5 nitrogen and oxygen atoms in total. The van der Waals surface area contributed by atoms with Crippen LogP contribution in [0.4, 0.5) is 5.82 Å². The smallest absolute Gasteiger partial charge is 0.271 e. The van der Waals surface area contributed by atoms with E-state index in [0.717, 1.165) is 25.5 Å². The van der Waals surface area contributed by atoms with Crippen LogP contribution in [0.5, 0.6) is 0 Å². The Morgan fingerprint density at radius 2 is 1.75 bits per heavy atom. The van der Waals surface area contributed by atoms with Crippen LogP contribution in [0.1, 0.15) is 47.3 Å². The van der Waals surface area contributed by atoms with E-state index in [9.17, 15) is 4.79 Å². The van der Waals surface area contributed by atoms with Gasteiger partial charge in [0.1, 0.15) is 0 Å². The van der Waals surface area contributed by atoms with Crippen molar-refractivity contribution in [3.8, 4) is 0 Å². The molecule has 0 radical (unpaired) electrons. The van der Waals surface area contributed by atoms with E-state index in [0.29, 0.717) is 11.6 Å². The zero-order chi connectivity index (χ0) is 16.4. The number of aromatic nitrogens is 2. The highest BCUT2D eigenvalue weighted by Crippen LogP contribution is 2.26. The van der Waals surface area contributed by atoms with E-state index in [1.807, 2.05) is 6.07 Å². The lowest BCUT2D eigenvalue weighted by Gasteiger charge is -2.15. The van der Waals surface area contributed by atoms with Crippen molar-refractivity contribution >= 4 is 11.7 Å². The van der Waals surface area contributed by atoms with Gasteiger partial charge in [0.15, 0.2) is 11.5 Å². The molecule has 1 saturated carbocycles. The number of nitrogens with zero attached hydrogens (tertiary/aromatic N) is 3. The summed E-state index contributed by atoms with van der Waals surface area (Å²) in [6.07, 6.45) is 5.02. The summed E-state index contributed by atoms with van der Waals surface area (Å²) in [6.45, 7) is 2.44. The molecule has 2 heterocycles. The topological polar surface area (TPSA) is 58.1 Å². The summed E-state index contributed by atoms with van der Waals surface area (Å²) in [6, 6.07) is 12.1. The number of hydrogen-bond donors (Lipinski definition) is 1. The average Bonchev–Trinajstić information content (AvgIpc) is 3.29. The van der Waals surface area contributed by atoms with Gasteiger partial charge in [0, 0.05) is 19.6 Å². The summed E-state index contributed by atoms with van der Waals surface area (Å²) in [7, 11) is 0. The Bertz CT molecular complexity index is 697. The van der Waals surface area contributed by atoms with Crippen molar-refractivity contribution in [1.82, 2.24) is 15.5 Å². The normalized spacial score (nSPS) is 17.1. The minimum atomic E-state index is -0.120. The van der Waals surface area contributed by atoms with Gasteiger partial charge in [0.2, 0.25) is 0 Å². The summed E-state index contributed by atoms with van der Waals surface area (Å²) in [5.41, 5.74) is 3.06. The maximum absolute atomic E-state index is 12.2. The van der Waals surface area contributed by atoms with Crippen LogP contribution < -0.4 is 10.2 Å². The van der Waals surface area contributed by atoms with Crippen molar-refractivity contribution in [2.24, 2.45) is 5.92 Å². The second kappa shape index (κ2) is 6.59. The first-order valence-electron chi connectivity index (χ1n) is 8.73. The summed E-state index contributed by atoms with van der Waals surface area (Å²) in [4.78, 5) is 14.4. The van der Waals surface area contributed by atoms with E-state index >= 15 is 0 Å². The lowest BCUT2D eigenvalue weighted by Crippen LogP contribution is -2.29. The van der Waals surface area contributed by atoms with Crippen molar-refractivity contribution in [1.29, 1.82) is 0 Å². The van der Waals surface area contributed by atoms with Gasteiger partial charge >= 0.3 is 0 Å². The van der Waals surface area contributed by atoms with Gasteiger partial charge in [-0.1, -0.05) is 37.1 Å². The zero-order valence-electron chi connectivity index (χ0n) is 13.7. The van der Waals surface area contributed by atoms with Gasteiger partial charge in [-0.2, -0.15) is 0 Å².